The van der Waals surface area contributed by atoms with Crippen molar-refractivity contribution in [1.29, 1.82) is 0 Å². The molecule has 0 bridgehead atoms. The predicted molar refractivity (Wildman–Crippen MR) is 46.8 cm³/mol. The van der Waals surface area contributed by atoms with Crippen molar-refractivity contribution in [3.8, 4) is 0 Å². The summed E-state index contributed by atoms with van der Waals surface area (Å²) in [6.45, 7) is 5.56. The first-order chi connectivity index (χ1) is 5.75. The maximum absolute atomic E-state index is 11.3. The zero-order chi connectivity index (χ0) is 8.97. The van der Waals surface area contributed by atoms with Crippen LogP contribution in [0.25, 0.3) is 0 Å². The van der Waals surface area contributed by atoms with E-state index in [1.165, 1.54) is 0 Å². The van der Waals surface area contributed by atoms with Crippen LogP contribution in [0, 0.1) is 5.92 Å². The molecule has 1 N–H and O–H groups in total. The van der Waals surface area contributed by atoms with Crippen molar-refractivity contribution in [2.45, 2.75) is 32.7 Å². The first-order valence-electron chi connectivity index (χ1n) is 4.65. The second-order valence-corrected chi connectivity index (χ2v) is 3.37. The minimum absolute atomic E-state index is 0.0588. The number of rotatable bonds is 3. The lowest BCUT2D eigenvalue weighted by molar-refractivity contribution is -0.146. The Kier molecular flexibility index (Phi) is 3.53. The van der Waals surface area contributed by atoms with Gasteiger partial charge < -0.3 is 10.1 Å². The van der Waals surface area contributed by atoms with Crippen molar-refractivity contribution in [2.75, 3.05) is 13.2 Å². The molecule has 0 radical (unpaired) electrons. The highest BCUT2D eigenvalue weighted by molar-refractivity contribution is 5.76. The van der Waals surface area contributed by atoms with Crippen LogP contribution in [0.15, 0.2) is 0 Å². The van der Waals surface area contributed by atoms with Crippen LogP contribution in [0.3, 0.4) is 0 Å². The van der Waals surface area contributed by atoms with Gasteiger partial charge in [0, 0.05) is 0 Å². The fourth-order valence-electron chi connectivity index (χ4n) is 1.44. The smallest absolute Gasteiger partial charge is 0.323 e. The maximum atomic E-state index is 11.3. The van der Waals surface area contributed by atoms with Gasteiger partial charge in [0.25, 0.3) is 0 Å². The average Bonchev–Trinajstić information content (AvgIpc) is 2.47. The van der Waals surface area contributed by atoms with E-state index in [-0.39, 0.29) is 12.0 Å². The van der Waals surface area contributed by atoms with Gasteiger partial charge in [-0.2, -0.15) is 0 Å². The lowest BCUT2D eigenvalue weighted by Gasteiger charge is -2.13. The van der Waals surface area contributed by atoms with Crippen LogP contribution in [-0.2, 0) is 9.53 Å². The monoisotopic (exact) mass is 171 g/mol. The van der Waals surface area contributed by atoms with E-state index in [0.717, 1.165) is 19.4 Å². The molecule has 3 nitrogen and oxygen atoms in total. The van der Waals surface area contributed by atoms with Crippen LogP contribution in [0.5, 0.6) is 0 Å². The quantitative estimate of drug-likeness (QED) is 0.642. The first-order valence-corrected chi connectivity index (χ1v) is 4.65. The summed E-state index contributed by atoms with van der Waals surface area (Å²) in [7, 11) is 0. The third-order valence-corrected chi connectivity index (χ3v) is 2.24. The Morgan fingerprint density at radius 2 is 2.42 bits per heavy atom. The number of carbonyl (C=O) groups is 1. The summed E-state index contributed by atoms with van der Waals surface area (Å²) >= 11 is 0. The van der Waals surface area contributed by atoms with Gasteiger partial charge in [0.05, 0.1) is 6.61 Å². The fourth-order valence-corrected chi connectivity index (χ4v) is 1.44. The van der Waals surface area contributed by atoms with Crippen molar-refractivity contribution in [3.05, 3.63) is 0 Å². The maximum Gasteiger partial charge on any atom is 0.323 e. The molecule has 0 saturated carbocycles. The van der Waals surface area contributed by atoms with E-state index < -0.39 is 0 Å². The van der Waals surface area contributed by atoms with Gasteiger partial charge >= 0.3 is 5.97 Å². The molecule has 3 heteroatoms. The fraction of sp³-hybridized carbons (Fsp3) is 0.889. The van der Waals surface area contributed by atoms with Gasteiger partial charge in [0.15, 0.2) is 0 Å². The van der Waals surface area contributed by atoms with Gasteiger partial charge in [-0.05, 0) is 25.3 Å². The molecule has 2 atom stereocenters. The van der Waals surface area contributed by atoms with Crippen molar-refractivity contribution in [3.63, 3.8) is 0 Å². The molecule has 1 aliphatic rings. The van der Waals surface area contributed by atoms with Gasteiger partial charge in [0.1, 0.15) is 6.04 Å². The van der Waals surface area contributed by atoms with Crippen LogP contribution < -0.4 is 5.32 Å². The summed E-state index contributed by atoms with van der Waals surface area (Å²) < 4.78 is 5.04. The van der Waals surface area contributed by atoms with E-state index in [9.17, 15) is 4.79 Å². The number of ether oxygens (including phenoxy) is 1. The minimum Gasteiger partial charge on any atom is -0.465 e. The molecule has 0 amide bonds. The molecule has 1 saturated heterocycles. The molecule has 0 aromatic carbocycles. The molecule has 0 aromatic heterocycles. The molecule has 0 aromatic rings. The SMILES string of the molecule is CCCOC(=O)C1NCCC1C. The average molecular weight is 171 g/mol. The molecule has 1 aliphatic heterocycles. The third kappa shape index (κ3) is 2.21. The second-order valence-electron chi connectivity index (χ2n) is 3.37. The van der Waals surface area contributed by atoms with E-state index in [1.807, 2.05) is 6.92 Å². The van der Waals surface area contributed by atoms with Crippen LogP contribution in [0.2, 0.25) is 0 Å². The Bertz CT molecular complexity index is 159. The summed E-state index contributed by atoms with van der Waals surface area (Å²) in [6.07, 6.45) is 1.97. The van der Waals surface area contributed by atoms with Gasteiger partial charge in [-0.25, -0.2) is 0 Å². The highest BCUT2D eigenvalue weighted by Crippen LogP contribution is 2.15. The normalized spacial score (nSPS) is 28.8. The van der Waals surface area contributed by atoms with Gasteiger partial charge in [-0.3, -0.25) is 4.79 Å². The van der Waals surface area contributed by atoms with Crippen molar-refractivity contribution < 1.29 is 9.53 Å². The lowest BCUT2D eigenvalue weighted by atomic mass is 10.0. The Morgan fingerprint density at radius 3 is 2.92 bits per heavy atom. The van der Waals surface area contributed by atoms with Gasteiger partial charge in [-0.1, -0.05) is 13.8 Å². The number of nitrogens with one attached hydrogen (secondary N) is 1. The standard InChI is InChI=1S/C9H17NO2/c1-3-6-12-9(11)8-7(2)4-5-10-8/h7-8,10H,3-6H2,1-2H3. The number of hydrogen-bond acceptors (Lipinski definition) is 3. The highest BCUT2D eigenvalue weighted by atomic mass is 16.5. The summed E-state index contributed by atoms with van der Waals surface area (Å²) in [5.41, 5.74) is 0. The molecule has 70 valence electrons. The third-order valence-electron chi connectivity index (χ3n) is 2.24. The Hall–Kier alpha value is -0.570. The molecular formula is C9H17NO2. The largest absolute Gasteiger partial charge is 0.465 e. The zero-order valence-corrected chi connectivity index (χ0v) is 7.80. The molecule has 0 spiro atoms. The van der Waals surface area contributed by atoms with Gasteiger partial charge in [0.2, 0.25) is 0 Å². The highest BCUT2D eigenvalue weighted by Gasteiger charge is 2.30. The number of hydrogen-bond donors (Lipinski definition) is 1. The molecule has 12 heavy (non-hydrogen) atoms. The molecule has 1 fully saturated rings. The predicted octanol–water partition coefficient (Wildman–Crippen LogP) is 0.938. The van der Waals surface area contributed by atoms with Crippen molar-refractivity contribution >= 4 is 5.97 Å². The summed E-state index contributed by atoms with van der Waals surface area (Å²) in [6, 6.07) is -0.0588. The number of esters is 1. The second kappa shape index (κ2) is 4.45. The molecular weight excluding hydrogens is 154 g/mol. The van der Waals surface area contributed by atoms with Crippen LogP contribution >= 0.6 is 0 Å². The van der Waals surface area contributed by atoms with E-state index in [4.69, 9.17) is 4.74 Å². The summed E-state index contributed by atoms with van der Waals surface area (Å²) in [5, 5.41) is 3.14. The van der Waals surface area contributed by atoms with Crippen LogP contribution in [-0.4, -0.2) is 25.2 Å². The molecule has 0 aliphatic carbocycles. The molecule has 1 heterocycles. The van der Waals surface area contributed by atoms with E-state index in [0.29, 0.717) is 12.5 Å². The lowest BCUT2D eigenvalue weighted by Crippen LogP contribution is -2.36. The van der Waals surface area contributed by atoms with Crippen molar-refractivity contribution in [2.24, 2.45) is 5.92 Å². The summed E-state index contributed by atoms with van der Waals surface area (Å²) in [4.78, 5) is 11.3. The van der Waals surface area contributed by atoms with Crippen LogP contribution in [0.1, 0.15) is 26.7 Å². The van der Waals surface area contributed by atoms with E-state index in [1.54, 1.807) is 0 Å². The first kappa shape index (κ1) is 9.52. The number of carbonyl (C=O) groups excluding carboxylic acids is 1. The zero-order valence-electron chi connectivity index (χ0n) is 7.80. The van der Waals surface area contributed by atoms with E-state index >= 15 is 0 Å². The Labute approximate surface area is 73.5 Å². The van der Waals surface area contributed by atoms with Crippen LogP contribution in [0.4, 0.5) is 0 Å². The Balaban J connectivity index is 2.30. The molecule has 2 unspecified atom stereocenters. The minimum atomic E-state index is -0.0816. The van der Waals surface area contributed by atoms with E-state index in [2.05, 4.69) is 12.2 Å². The topological polar surface area (TPSA) is 38.3 Å². The van der Waals surface area contributed by atoms with Gasteiger partial charge in [-0.15, -0.1) is 0 Å². The molecule has 1 rings (SSSR count). The van der Waals surface area contributed by atoms with Crippen molar-refractivity contribution in [1.82, 2.24) is 5.32 Å². The Morgan fingerprint density at radius 1 is 1.67 bits per heavy atom. The summed E-state index contributed by atoms with van der Waals surface area (Å²) in [5.74, 6) is 0.344.